The first-order valence-corrected chi connectivity index (χ1v) is 9.14. The number of nitrogens with one attached hydrogen (secondary N) is 1. The van der Waals surface area contributed by atoms with Crippen LogP contribution in [0.4, 0.5) is 0 Å². The summed E-state index contributed by atoms with van der Waals surface area (Å²) in [6, 6.07) is 11.7. The van der Waals surface area contributed by atoms with E-state index in [4.69, 9.17) is 0 Å². The van der Waals surface area contributed by atoms with Crippen molar-refractivity contribution in [3.8, 4) is 0 Å². The van der Waals surface area contributed by atoms with Gasteiger partial charge in [-0.25, -0.2) is 9.97 Å². The zero-order valence-electron chi connectivity index (χ0n) is 14.9. The number of hydrogen-bond acceptors (Lipinski definition) is 4. The van der Waals surface area contributed by atoms with Crippen LogP contribution in [0.15, 0.2) is 55.1 Å². The number of nitrogens with zero attached hydrogens (tertiary/aromatic N) is 5. The summed E-state index contributed by atoms with van der Waals surface area (Å²) in [5, 5.41) is 0. The molecule has 1 aromatic carbocycles. The Labute approximate surface area is 156 Å². The summed E-state index contributed by atoms with van der Waals surface area (Å²) in [4.78, 5) is 28.9. The van der Waals surface area contributed by atoms with E-state index in [2.05, 4.69) is 24.3 Å². The van der Waals surface area contributed by atoms with Gasteiger partial charge in [-0.1, -0.05) is 6.07 Å². The van der Waals surface area contributed by atoms with E-state index >= 15 is 0 Å². The Morgan fingerprint density at radius 2 is 1.96 bits per heavy atom. The highest BCUT2D eigenvalue weighted by Gasteiger charge is 2.23. The standard InChI is InChI=1S/C20H20N6O/c27-20(15-4-5-17-18(11-15)23-14-22-17)25-9-7-24(8-10-25)13-16-12-21-19-3-1-2-6-26(16)19/h1-6,11-12,14H,7-10,13H2,(H,22,23). The van der Waals surface area contributed by atoms with Gasteiger partial charge in [0.25, 0.3) is 5.91 Å². The highest BCUT2D eigenvalue weighted by Crippen LogP contribution is 2.16. The number of pyridine rings is 1. The average Bonchev–Trinajstić information content (AvgIpc) is 3.35. The molecule has 1 aliphatic heterocycles. The predicted octanol–water partition coefficient (Wildman–Crippen LogP) is 2.17. The molecular weight excluding hydrogens is 340 g/mol. The second kappa shape index (κ2) is 6.51. The Morgan fingerprint density at radius 3 is 2.85 bits per heavy atom. The van der Waals surface area contributed by atoms with E-state index in [0.717, 1.165) is 49.4 Å². The van der Waals surface area contributed by atoms with Gasteiger partial charge in [0.05, 0.1) is 29.3 Å². The van der Waals surface area contributed by atoms with Crippen LogP contribution in [0.3, 0.4) is 0 Å². The number of aromatic nitrogens is 4. The van der Waals surface area contributed by atoms with Crippen molar-refractivity contribution in [2.75, 3.05) is 26.2 Å². The second-order valence-electron chi connectivity index (χ2n) is 6.88. The molecular formula is C20H20N6O. The zero-order chi connectivity index (χ0) is 18.2. The topological polar surface area (TPSA) is 69.5 Å². The van der Waals surface area contributed by atoms with Crippen LogP contribution >= 0.6 is 0 Å². The summed E-state index contributed by atoms with van der Waals surface area (Å²) in [6.45, 7) is 4.02. The van der Waals surface area contributed by atoms with Gasteiger partial charge in [0, 0.05) is 44.5 Å². The van der Waals surface area contributed by atoms with Gasteiger partial charge in [0.15, 0.2) is 0 Å². The number of benzene rings is 1. The van der Waals surface area contributed by atoms with E-state index in [-0.39, 0.29) is 5.91 Å². The lowest BCUT2D eigenvalue weighted by atomic mass is 10.1. The molecule has 7 nitrogen and oxygen atoms in total. The van der Waals surface area contributed by atoms with Crippen LogP contribution < -0.4 is 0 Å². The molecule has 0 saturated carbocycles. The van der Waals surface area contributed by atoms with Crippen LogP contribution in [0.5, 0.6) is 0 Å². The van der Waals surface area contributed by atoms with Gasteiger partial charge in [0.1, 0.15) is 5.65 Å². The van der Waals surface area contributed by atoms with Gasteiger partial charge < -0.3 is 14.3 Å². The van der Waals surface area contributed by atoms with Crippen molar-refractivity contribution < 1.29 is 4.79 Å². The summed E-state index contributed by atoms with van der Waals surface area (Å²) < 4.78 is 2.12. The number of H-pyrrole nitrogens is 1. The van der Waals surface area contributed by atoms with Gasteiger partial charge in [0.2, 0.25) is 0 Å². The summed E-state index contributed by atoms with van der Waals surface area (Å²) in [5.74, 6) is 0.0842. The molecule has 136 valence electrons. The number of hydrogen-bond donors (Lipinski definition) is 1. The minimum Gasteiger partial charge on any atom is -0.345 e. The first-order chi connectivity index (χ1) is 13.3. The van der Waals surface area contributed by atoms with Crippen molar-refractivity contribution in [3.63, 3.8) is 0 Å². The summed E-state index contributed by atoms with van der Waals surface area (Å²) in [5.41, 5.74) is 4.63. The Bertz CT molecular complexity index is 1110. The summed E-state index contributed by atoms with van der Waals surface area (Å²) in [7, 11) is 0. The third-order valence-corrected chi connectivity index (χ3v) is 5.21. The lowest BCUT2D eigenvalue weighted by Crippen LogP contribution is -2.48. The van der Waals surface area contributed by atoms with Crippen molar-refractivity contribution in [3.05, 3.63) is 66.4 Å². The molecule has 0 radical (unpaired) electrons. The third kappa shape index (κ3) is 2.96. The van der Waals surface area contributed by atoms with Crippen LogP contribution in [0.25, 0.3) is 16.7 Å². The molecule has 1 amide bonds. The molecule has 0 atom stereocenters. The molecule has 0 spiro atoms. The molecule has 27 heavy (non-hydrogen) atoms. The molecule has 1 aliphatic rings. The van der Waals surface area contributed by atoms with Gasteiger partial charge >= 0.3 is 0 Å². The van der Waals surface area contributed by atoms with E-state index in [1.807, 2.05) is 53.7 Å². The number of amides is 1. The molecule has 1 fully saturated rings. The van der Waals surface area contributed by atoms with E-state index < -0.39 is 0 Å². The SMILES string of the molecule is O=C(c1ccc2nc[nH]c2c1)N1CCN(Cc2cnc3ccccn23)CC1. The molecule has 3 aromatic heterocycles. The maximum atomic E-state index is 12.8. The van der Waals surface area contributed by atoms with E-state index in [1.165, 1.54) is 5.69 Å². The van der Waals surface area contributed by atoms with Crippen LogP contribution in [0.2, 0.25) is 0 Å². The van der Waals surface area contributed by atoms with Crippen molar-refractivity contribution in [2.24, 2.45) is 0 Å². The van der Waals surface area contributed by atoms with Crippen LogP contribution in [-0.4, -0.2) is 61.2 Å². The summed E-state index contributed by atoms with van der Waals surface area (Å²) >= 11 is 0. The highest BCUT2D eigenvalue weighted by molar-refractivity contribution is 5.97. The Balaban J connectivity index is 1.25. The largest absolute Gasteiger partial charge is 0.345 e. The van der Waals surface area contributed by atoms with E-state index in [9.17, 15) is 4.79 Å². The molecule has 0 aliphatic carbocycles. The molecule has 7 heteroatoms. The minimum atomic E-state index is 0.0842. The molecule has 5 rings (SSSR count). The van der Waals surface area contributed by atoms with Crippen molar-refractivity contribution in [2.45, 2.75) is 6.54 Å². The predicted molar refractivity (Wildman–Crippen MR) is 102 cm³/mol. The van der Waals surface area contributed by atoms with Crippen molar-refractivity contribution in [1.82, 2.24) is 29.2 Å². The highest BCUT2D eigenvalue weighted by atomic mass is 16.2. The monoisotopic (exact) mass is 360 g/mol. The van der Waals surface area contributed by atoms with Crippen LogP contribution in [0, 0.1) is 0 Å². The molecule has 1 N–H and O–H groups in total. The molecule has 0 bridgehead atoms. The molecule has 1 saturated heterocycles. The van der Waals surface area contributed by atoms with E-state index in [0.29, 0.717) is 5.56 Å². The molecule has 4 heterocycles. The number of imidazole rings is 2. The quantitative estimate of drug-likeness (QED) is 0.608. The first-order valence-electron chi connectivity index (χ1n) is 9.14. The normalized spacial score (nSPS) is 15.6. The Morgan fingerprint density at radius 1 is 1.07 bits per heavy atom. The lowest BCUT2D eigenvalue weighted by molar-refractivity contribution is 0.0627. The van der Waals surface area contributed by atoms with Gasteiger partial charge in [-0.2, -0.15) is 0 Å². The van der Waals surface area contributed by atoms with Gasteiger partial charge in [-0.05, 0) is 30.3 Å². The number of piperazine rings is 1. The maximum Gasteiger partial charge on any atom is 0.254 e. The van der Waals surface area contributed by atoms with E-state index in [1.54, 1.807) is 6.33 Å². The van der Waals surface area contributed by atoms with Gasteiger partial charge in [-0.15, -0.1) is 0 Å². The maximum absolute atomic E-state index is 12.8. The van der Waals surface area contributed by atoms with Crippen LogP contribution in [0.1, 0.15) is 16.1 Å². The Hall–Kier alpha value is -3.19. The van der Waals surface area contributed by atoms with Gasteiger partial charge in [-0.3, -0.25) is 9.69 Å². The number of carbonyl (C=O) groups is 1. The Kier molecular flexibility index (Phi) is 3.86. The minimum absolute atomic E-state index is 0.0842. The van der Waals surface area contributed by atoms with Crippen LogP contribution in [-0.2, 0) is 6.54 Å². The fourth-order valence-corrected chi connectivity index (χ4v) is 3.69. The number of rotatable bonds is 3. The number of fused-ring (bicyclic) bond motifs is 2. The molecule has 0 unspecified atom stereocenters. The zero-order valence-corrected chi connectivity index (χ0v) is 14.9. The second-order valence-corrected chi connectivity index (χ2v) is 6.88. The average molecular weight is 360 g/mol. The van der Waals surface area contributed by atoms with Crippen molar-refractivity contribution in [1.29, 1.82) is 0 Å². The fourth-order valence-electron chi connectivity index (χ4n) is 3.69. The lowest BCUT2D eigenvalue weighted by Gasteiger charge is -2.34. The van der Waals surface area contributed by atoms with Crippen molar-refractivity contribution >= 4 is 22.6 Å². The fraction of sp³-hybridized carbons (Fsp3) is 0.250. The first kappa shape index (κ1) is 16.0. The summed E-state index contributed by atoms with van der Waals surface area (Å²) in [6.07, 6.45) is 5.63. The number of aromatic amines is 1. The smallest absolute Gasteiger partial charge is 0.254 e. The third-order valence-electron chi connectivity index (χ3n) is 5.21. The molecule has 4 aromatic rings. The number of carbonyl (C=O) groups excluding carboxylic acids is 1.